The van der Waals surface area contributed by atoms with Crippen LogP contribution in [-0.4, -0.2) is 30.2 Å². The van der Waals surface area contributed by atoms with Gasteiger partial charge in [-0.05, 0) is 45.0 Å². The van der Waals surface area contributed by atoms with Gasteiger partial charge in [-0.1, -0.05) is 22.8 Å². The average molecular weight is 338 g/mol. The Balaban J connectivity index is 1.94. The van der Waals surface area contributed by atoms with Crippen molar-refractivity contribution < 1.29 is 13.7 Å². The summed E-state index contributed by atoms with van der Waals surface area (Å²) in [5.74, 6) is -0.516. The third-order valence-corrected chi connectivity index (χ3v) is 4.28. The molecule has 1 aliphatic heterocycles. The number of amides is 1. The lowest BCUT2D eigenvalue weighted by atomic mass is 10.0. The second-order valence-electron chi connectivity index (χ2n) is 5.56. The van der Waals surface area contributed by atoms with Crippen LogP contribution in [0, 0.1) is 12.7 Å². The van der Waals surface area contributed by atoms with Crippen LogP contribution < -0.4 is 10.6 Å². The summed E-state index contributed by atoms with van der Waals surface area (Å²) in [6.07, 6.45) is 1.71. The molecular formula is C16H17ClFN3O2. The number of carbonyl (C=O) groups is 1. The number of aryl methyl sites for hydroxylation is 1. The van der Waals surface area contributed by atoms with Crippen LogP contribution in [0.4, 0.5) is 4.39 Å². The lowest BCUT2D eigenvalue weighted by Gasteiger charge is -2.23. The second kappa shape index (κ2) is 6.68. The maximum atomic E-state index is 14.1. The van der Waals surface area contributed by atoms with E-state index in [4.69, 9.17) is 16.1 Å². The molecule has 122 valence electrons. The van der Waals surface area contributed by atoms with E-state index in [9.17, 15) is 9.18 Å². The van der Waals surface area contributed by atoms with Crippen molar-refractivity contribution in [2.75, 3.05) is 13.1 Å². The number of hydrogen-bond acceptors (Lipinski definition) is 4. The highest BCUT2D eigenvalue weighted by molar-refractivity contribution is 6.33. The van der Waals surface area contributed by atoms with Gasteiger partial charge >= 0.3 is 0 Å². The molecule has 0 radical (unpaired) electrons. The number of carbonyl (C=O) groups excluding carboxylic acids is 1. The van der Waals surface area contributed by atoms with Gasteiger partial charge in [0.15, 0.2) is 0 Å². The van der Waals surface area contributed by atoms with Gasteiger partial charge in [0.2, 0.25) is 0 Å². The normalized spacial score (nSPS) is 15.6. The monoisotopic (exact) mass is 337 g/mol. The van der Waals surface area contributed by atoms with E-state index >= 15 is 0 Å². The van der Waals surface area contributed by atoms with Crippen LogP contribution in [0.25, 0.3) is 11.3 Å². The van der Waals surface area contributed by atoms with E-state index < -0.39 is 5.82 Å². The number of halogens is 2. The molecule has 5 nitrogen and oxygen atoms in total. The van der Waals surface area contributed by atoms with E-state index in [1.54, 1.807) is 13.0 Å². The first kappa shape index (κ1) is 16.0. The summed E-state index contributed by atoms with van der Waals surface area (Å²) in [4.78, 5) is 12.6. The molecule has 1 aliphatic rings. The molecule has 7 heteroatoms. The second-order valence-corrected chi connectivity index (χ2v) is 5.96. The maximum absolute atomic E-state index is 14.1. The van der Waals surface area contributed by atoms with Gasteiger partial charge in [0, 0.05) is 6.04 Å². The van der Waals surface area contributed by atoms with Crippen LogP contribution in [0.2, 0.25) is 5.02 Å². The van der Waals surface area contributed by atoms with E-state index in [0.717, 1.165) is 25.9 Å². The number of piperidine rings is 1. The number of hydrogen-bond donors (Lipinski definition) is 2. The van der Waals surface area contributed by atoms with Crippen molar-refractivity contribution in [1.29, 1.82) is 0 Å². The zero-order valence-corrected chi connectivity index (χ0v) is 13.4. The molecule has 23 heavy (non-hydrogen) atoms. The van der Waals surface area contributed by atoms with Crippen molar-refractivity contribution >= 4 is 17.5 Å². The molecule has 0 unspecified atom stereocenters. The third-order valence-electron chi connectivity index (χ3n) is 3.96. The van der Waals surface area contributed by atoms with E-state index in [-0.39, 0.29) is 33.8 Å². The minimum Gasteiger partial charge on any atom is -0.360 e. The lowest BCUT2D eigenvalue weighted by molar-refractivity contribution is 0.0928. The minimum atomic E-state index is -0.540. The number of nitrogens with zero attached hydrogens (tertiary/aromatic N) is 1. The molecular weight excluding hydrogens is 321 g/mol. The highest BCUT2D eigenvalue weighted by Crippen LogP contribution is 2.33. The Hall–Kier alpha value is -1.92. The van der Waals surface area contributed by atoms with Crippen molar-refractivity contribution in [2.24, 2.45) is 0 Å². The van der Waals surface area contributed by atoms with Gasteiger partial charge in [0.25, 0.3) is 5.91 Å². The molecule has 1 fully saturated rings. The molecule has 1 aromatic carbocycles. The van der Waals surface area contributed by atoms with Crippen molar-refractivity contribution in [3.63, 3.8) is 0 Å². The van der Waals surface area contributed by atoms with Crippen molar-refractivity contribution in [3.05, 3.63) is 40.4 Å². The molecule has 1 amide bonds. The summed E-state index contributed by atoms with van der Waals surface area (Å²) in [6.45, 7) is 3.35. The van der Waals surface area contributed by atoms with E-state index in [1.165, 1.54) is 12.1 Å². The Kier molecular flexibility index (Phi) is 4.63. The van der Waals surface area contributed by atoms with Crippen LogP contribution in [0.1, 0.15) is 29.0 Å². The summed E-state index contributed by atoms with van der Waals surface area (Å²) in [5.41, 5.74) is 0.453. The molecule has 0 saturated carbocycles. The first-order valence-electron chi connectivity index (χ1n) is 7.50. The van der Waals surface area contributed by atoms with Crippen LogP contribution in [0.15, 0.2) is 22.7 Å². The molecule has 0 bridgehead atoms. The molecule has 3 rings (SSSR count). The fraction of sp³-hybridized carbons (Fsp3) is 0.375. The number of benzene rings is 1. The van der Waals surface area contributed by atoms with Gasteiger partial charge in [0.05, 0.1) is 10.6 Å². The highest BCUT2D eigenvalue weighted by atomic mass is 35.5. The summed E-state index contributed by atoms with van der Waals surface area (Å²) in [7, 11) is 0. The van der Waals surface area contributed by atoms with Gasteiger partial charge in [-0.25, -0.2) is 4.39 Å². The smallest absolute Gasteiger partial charge is 0.257 e. The van der Waals surface area contributed by atoms with Gasteiger partial charge < -0.3 is 15.2 Å². The average Bonchev–Trinajstić information content (AvgIpc) is 2.90. The summed E-state index contributed by atoms with van der Waals surface area (Å²) in [5, 5.41) is 10.2. The van der Waals surface area contributed by atoms with Crippen LogP contribution >= 0.6 is 11.6 Å². The molecule has 1 aromatic heterocycles. The molecule has 2 N–H and O–H groups in total. The van der Waals surface area contributed by atoms with Crippen molar-refractivity contribution in [3.8, 4) is 11.3 Å². The molecule has 0 aliphatic carbocycles. The Morgan fingerprint density at radius 2 is 2.17 bits per heavy atom. The summed E-state index contributed by atoms with van der Waals surface area (Å²) >= 11 is 6.08. The van der Waals surface area contributed by atoms with Crippen molar-refractivity contribution in [1.82, 2.24) is 15.8 Å². The predicted molar refractivity (Wildman–Crippen MR) is 85.0 cm³/mol. The van der Waals surface area contributed by atoms with E-state index in [1.807, 2.05) is 0 Å². The highest BCUT2D eigenvalue weighted by Gasteiger charge is 2.27. The number of rotatable bonds is 3. The van der Waals surface area contributed by atoms with Gasteiger partial charge in [-0.2, -0.15) is 0 Å². The molecule has 2 aromatic rings. The fourth-order valence-electron chi connectivity index (χ4n) is 2.76. The maximum Gasteiger partial charge on any atom is 0.257 e. The van der Waals surface area contributed by atoms with Gasteiger partial charge in [-0.3, -0.25) is 4.79 Å². The zero-order valence-electron chi connectivity index (χ0n) is 12.7. The standard InChI is InChI=1S/C16H17ClFN3O2/c1-9-13(16(22)20-10-5-7-19-8-6-10)15(21-23-9)14-11(17)3-2-4-12(14)18/h2-4,10,19H,5-8H2,1H3,(H,20,22). The number of aromatic nitrogens is 1. The van der Waals surface area contributed by atoms with Crippen LogP contribution in [0.5, 0.6) is 0 Å². The predicted octanol–water partition coefficient (Wildman–Crippen LogP) is 2.92. The first-order valence-corrected chi connectivity index (χ1v) is 7.88. The SMILES string of the molecule is Cc1onc(-c2c(F)cccc2Cl)c1C(=O)NC1CCNCC1. The fourth-order valence-corrected chi connectivity index (χ4v) is 3.01. The topological polar surface area (TPSA) is 67.2 Å². The van der Waals surface area contributed by atoms with Gasteiger partial charge in [-0.15, -0.1) is 0 Å². The Labute approximate surface area is 138 Å². The van der Waals surface area contributed by atoms with Crippen LogP contribution in [-0.2, 0) is 0 Å². The Morgan fingerprint density at radius 3 is 2.87 bits per heavy atom. The minimum absolute atomic E-state index is 0.0847. The van der Waals surface area contributed by atoms with E-state index in [2.05, 4.69) is 15.8 Å². The lowest BCUT2D eigenvalue weighted by Crippen LogP contribution is -2.42. The number of nitrogens with one attached hydrogen (secondary N) is 2. The molecule has 2 heterocycles. The largest absolute Gasteiger partial charge is 0.360 e. The third kappa shape index (κ3) is 3.23. The molecule has 0 atom stereocenters. The Morgan fingerprint density at radius 1 is 1.43 bits per heavy atom. The first-order chi connectivity index (χ1) is 11.1. The summed E-state index contributed by atoms with van der Waals surface area (Å²) < 4.78 is 19.3. The molecule has 1 saturated heterocycles. The Bertz CT molecular complexity index is 706. The zero-order chi connectivity index (χ0) is 16.4. The van der Waals surface area contributed by atoms with Crippen LogP contribution in [0.3, 0.4) is 0 Å². The summed E-state index contributed by atoms with van der Waals surface area (Å²) in [6, 6.07) is 4.42. The van der Waals surface area contributed by atoms with Crippen molar-refractivity contribution in [2.45, 2.75) is 25.8 Å². The van der Waals surface area contributed by atoms with E-state index in [0.29, 0.717) is 5.76 Å². The quantitative estimate of drug-likeness (QED) is 0.903. The van der Waals surface area contributed by atoms with Gasteiger partial charge in [0.1, 0.15) is 22.8 Å². The molecule has 0 spiro atoms.